The van der Waals surface area contributed by atoms with Gasteiger partial charge in [-0.05, 0) is 49.5 Å². The van der Waals surface area contributed by atoms with Crippen LogP contribution in [-0.2, 0) is 14.3 Å². The van der Waals surface area contributed by atoms with E-state index in [1.54, 1.807) is 24.3 Å². The number of rotatable bonds is 11. The van der Waals surface area contributed by atoms with Crippen molar-refractivity contribution < 1.29 is 12.8 Å². The van der Waals surface area contributed by atoms with Gasteiger partial charge in [0.1, 0.15) is 0 Å². The van der Waals surface area contributed by atoms with Gasteiger partial charge in [0.15, 0.2) is 18.2 Å². The van der Waals surface area contributed by atoms with E-state index >= 15 is 0 Å². The number of benzene rings is 1. The molecule has 0 atom stereocenters. The fourth-order valence-corrected chi connectivity index (χ4v) is 7.30. The smallest absolute Gasteiger partial charge is 0.191 e. The fraction of sp³-hybridized carbons (Fsp3) is 0.583. The molecule has 0 saturated heterocycles. The summed E-state index contributed by atoms with van der Waals surface area (Å²) >= 11 is 0. The van der Waals surface area contributed by atoms with Crippen LogP contribution in [0, 0.1) is 0 Å². The Morgan fingerprint density at radius 3 is 2.10 bits per heavy atom. The zero-order valence-electron chi connectivity index (χ0n) is 20.3. The highest BCUT2D eigenvalue weighted by Crippen LogP contribution is 2.36. The Bertz CT molecular complexity index is 827. The Hall–Kier alpha value is -0.956. The van der Waals surface area contributed by atoms with Crippen molar-refractivity contribution in [3.05, 3.63) is 53.8 Å². The lowest BCUT2D eigenvalue weighted by Gasteiger charge is -2.36. The molecule has 0 heterocycles. The molecule has 1 rings (SSSR count). The first-order valence-electron chi connectivity index (χ1n) is 10.9. The minimum absolute atomic E-state index is 0.0319. The second-order valence-electron chi connectivity index (χ2n) is 10.6. The van der Waals surface area contributed by atoms with E-state index in [1.165, 1.54) is 5.20 Å². The molecule has 3 nitrogen and oxygen atoms in total. The zero-order chi connectivity index (χ0) is 23.2. The number of allylic oxidation sites excluding steroid dienone is 2. The first-order valence-corrected chi connectivity index (χ1v) is 18.9. The summed E-state index contributed by atoms with van der Waals surface area (Å²) in [5, 5.41) is 1.40. The topological polar surface area (TPSA) is 43.4 Å². The van der Waals surface area contributed by atoms with Crippen LogP contribution in [0.15, 0.2) is 58.7 Å². The highest BCUT2D eigenvalue weighted by Gasteiger charge is 2.36. The fourth-order valence-electron chi connectivity index (χ4n) is 3.02. The number of unbranched alkanes of at least 4 members (excludes halogenated alkanes) is 1. The molecule has 0 spiro atoms. The van der Waals surface area contributed by atoms with Gasteiger partial charge in [0.2, 0.25) is 0 Å². The van der Waals surface area contributed by atoms with Gasteiger partial charge in [-0.3, -0.25) is 0 Å². The van der Waals surface area contributed by atoms with Crippen molar-refractivity contribution in [3.8, 4) is 0 Å². The van der Waals surface area contributed by atoms with E-state index in [-0.39, 0.29) is 10.8 Å². The second-order valence-corrected chi connectivity index (χ2v) is 22.5. The Balaban J connectivity index is 2.72. The molecule has 0 aliphatic heterocycles. The van der Waals surface area contributed by atoms with Crippen molar-refractivity contribution in [2.75, 3.05) is 12.4 Å². The predicted molar refractivity (Wildman–Crippen MR) is 136 cm³/mol. The van der Waals surface area contributed by atoms with Gasteiger partial charge >= 0.3 is 0 Å². The van der Waals surface area contributed by atoms with Crippen LogP contribution in [0.3, 0.4) is 0 Å². The van der Waals surface area contributed by atoms with Gasteiger partial charge in [0, 0.05) is 6.61 Å². The molecule has 6 heteroatoms. The summed E-state index contributed by atoms with van der Waals surface area (Å²) in [5.41, 5.74) is 1.09. The molecular weight excluding hydrogens is 425 g/mol. The normalized spacial score (nSPS) is 14.1. The Morgan fingerprint density at radius 2 is 1.60 bits per heavy atom. The van der Waals surface area contributed by atoms with E-state index in [4.69, 9.17) is 4.43 Å². The Kier molecular flexibility index (Phi) is 9.54. The van der Waals surface area contributed by atoms with Crippen LogP contribution >= 0.6 is 0 Å². The van der Waals surface area contributed by atoms with Crippen LogP contribution < -0.4 is 0 Å². The summed E-state index contributed by atoms with van der Waals surface area (Å²) in [6.45, 7) is 23.2. The van der Waals surface area contributed by atoms with Crippen LogP contribution in [0.1, 0.15) is 40.0 Å². The maximum Gasteiger partial charge on any atom is 0.191 e. The van der Waals surface area contributed by atoms with Gasteiger partial charge in [0.05, 0.1) is 18.7 Å². The summed E-state index contributed by atoms with van der Waals surface area (Å²) in [4.78, 5) is 0.379. The quantitative estimate of drug-likeness (QED) is 0.200. The zero-order valence-corrected chi connectivity index (χ0v) is 23.2. The van der Waals surface area contributed by atoms with Gasteiger partial charge in [-0.15, -0.1) is 0 Å². The maximum absolute atomic E-state index is 12.7. The predicted octanol–water partition coefficient (Wildman–Crippen LogP) is 7.01. The third-order valence-electron chi connectivity index (χ3n) is 5.94. The summed E-state index contributed by atoms with van der Waals surface area (Å²) in [6.07, 6.45) is 4.83. The van der Waals surface area contributed by atoms with Gasteiger partial charge < -0.3 is 4.43 Å². The third-order valence-corrected chi connectivity index (χ3v) is 14.2. The molecule has 30 heavy (non-hydrogen) atoms. The third kappa shape index (κ3) is 8.29. The number of hydrogen-bond acceptors (Lipinski definition) is 3. The van der Waals surface area contributed by atoms with Crippen molar-refractivity contribution in [2.45, 2.75) is 82.7 Å². The van der Waals surface area contributed by atoms with Crippen molar-refractivity contribution in [1.82, 2.24) is 0 Å². The Labute approximate surface area is 187 Å². The van der Waals surface area contributed by atoms with Crippen molar-refractivity contribution in [3.63, 3.8) is 0 Å². The van der Waals surface area contributed by atoms with Gasteiger partial charge in [-0.25, -0.2) is 8.42 Å². The highest BCUT2D eigenvalue weighted by atomic mass is 32.2. The molecule has 0 radical (unpaired) electrons. The molecule has 1 aromatic carbocycles. The van der Waals surface area contributed by atoms with E-state index in [9.17, 15) is 8.42 Å². The molecule has 170 valence electrons. The maximum atomic E-state index is 12.7. The van der Waals surface area contributed by atoms with Gasteiger partial charge in [-0.1, -0.05) is 82.0 Å². The second kappa shape index (κ2) is 10.6. The SMILES string of the molecule is C=C(CCCCO[Si](C)(C)C(C)(C)C)/C(=C/CS(=O)(=O)c1ccccc1)[Si](C)(C)C. The molecule has 0 aliphatic rings. The minimum Gasteiger partial charge on any atom is -0.417 e. The average molecular weight is 467 g/mol. The van der Waals surface area contributed by atoms with Crippen molar-refractivity contribution in [2.24, 2.45) is 0 Å². The lowest BCUT2D eigenvalue weighted by molar-refractivity contribution is 0.279. The molecule has 0 amide bonds. The molecule has 0 fully saturated rings. The van der Waals surface area contributed by atoms with Crippen LogP contribution in [0.2, 0.25) is 37.8 Å². The lowest BCUT2D eigenvalue weighted by Crippen LogP contribution is -2.40. The molecule has 0 N–H and O–H groups in total. The van der Waals surface area contributed by atoms with Crippen LogP contribution in [0.4, 0.5) is 0 Å². The van der Waals surface area contributed by atoms with E-state index in [2.05, 4.69) is 60.1 Å². The molecular formula is C24H42O3SSi2. The van der Waals surface area contributed by atoms with Crippen molar-refractivity contribution in [1.29, 1.82) is 0 Å². The standard InChI is InChI=1S/C24H42O3SSi2/c1-21(15-13-14-19-27-30(8,9)24(2,3)4)23(29(5,6)7)18-20-28(25,26)22-16-11-10-12-17-22/h10-12,16-18H,1,13-15,19-20H2,2-9H3/b23-18-. The summed E-state index contributed by atoms with van der Waals surface area (Å²) in [5.74, 6) is 0.0319. The van der Waals surface area contributed by atoms with Gasteiger partial charge in [-0.2, -0.15) is 0 Å². The van der Waals surface area contributed by atoms with E-state index < -0.39 is 26.2 Å². The number of sulfone groups is 1. The summed E-state index contributed by atoms with van der Waals surface area (Å²) in [7, 11) is -6.71. The van der Waals surface area contributed by atoms with E-state index in [0.717, 1.165) is 31.4 Å². The molecule has 0 aromatic heterocycles. The molecule has 0 saturated carbocycles. The Morgan fingerprint density at radius 1 is 1.03 bits per heavy atom. The van der Waals surface area contributed by atoms with Crippen LogP contribution in [0.25, 0.3) is 0 Å². The first-order chi connectivity index (χ1) is 13.6. The lowest BCUT2D eigenvalue weighted by atomic mass is 10.1. The monoisotopic (exact) mass is 466 g/mol. The summed E-state index contributed by atoms with van der Waals surface area (Å²) < 4.78 is 31.6. The summed E-state index contributed by atoms with van der Waals surface area (Å²) in [6, 6.07) is 8.68. The molecule has 1 aromatic rings. The van der Waals surface area contributed by atoms with E-state index in [1.807, 2.05) is 12.1 Å². The molecule has 0 bridgehead atoms. The minimum atomic E-state index is -3.32. The average Bonchev–Trinajstić information content (AvgIpc) is 2.60. The van der Waals surface area contributed by atoms with Crippen LogP contribution in [0.5, 0.6) is 0 Å². The van der Waals surface area contributed by atoms with E-state index in [0.29, 0.717) is 4.90 Å². The van der Waals surface area contributed by atoms with Crippen LogP contribution in [-0.4, -0.2) is 37.2 Å². The molecule has 0 aliphatic carbocycles. The first kappa shape index (κ1) is 27.1. The number of hydrogen-bond donors (Lipinski definition) is 0. The highest BCUT2D eigenvalue weighted by molar-refractivity contribution is 7.91. The van der Waals surface area contributed by atoms with Crippen molar-refractivity contribution >= 4 is 26.2 Å². The largest absolute Gasteiger partial charge is 0.417 e. The molecule has 0 unspecified atom stereocenters. The van der Waals surface area contributed by atoms with Gasteiger partial charge in [0.25, 0.3) is 0 Å².